The van der Waals surface area contributed by atoms with E-state index in [1.165, 1.54) is 25.7 Å². The van der Waals surface area contributed by atoms with Crippen molar-refractivity contribution in [2.75, 3.05) is 0 Å². The standard InChI is InChI=1S/C7H15.C4H9.Mg/c1-4-5-6-7(2)3;1-3-4-2;/h6-7H,4-5H2,1-3H3;1,3-4H2,2H3;. The summed E-state index contributed by atoms with van der Waals surface area (Å²) < 4.78 is 2.71. The van der Waals surface area contributed by atoms with Gasteiger partial charge in [-0.3, -0.25) is 0 Å². The van der Waals surface area contributed by atoms with Crippen molar-refractivity contribution in [2.45, 2.75) is 62.0 Å². The molecule has 0 nitrogen and oxygen atoms in total. The minimum absolute atomic E-state index is 0.256. The third-order valence-electron chi connectivity index (χ3n) is 2.78. The molecule has 0 saturated heterocycles. The average molecular weight is 181 g/mol. The molecule has 0 radical (unpaired) electrons. The summed E-state index contributed by atoms with van der Waals surface area (Å²) in [6.45, 7) is 9.43. The second-order valence-corrected chi connectivity index (χ2v) is 6.62. The highest BCUT2D eigenvalue weighted by Crippen LogP contribution is 2.23. The molecule has 0 N–H and O–H groups in total. The molecular formula is C11H24Mg. The Balaban J connectivity index is 3.49. The van der Waals surface area contributed by atoms with Crippen molar-refractivity contribution in [3.05, 3.63) is 0 Å². The lowest BCUT2D eigenvalue weighted by Gasteiger charge is -2.19. The Hall–Kier alpha value is 0.766. The third-order valence-corrected chi connectivity index (χ3v) is 5.78. The fourth-order valence-corrected chi connectivity index (χ4v) is 4.51. The Morgan fingerprint density at radius 1 is 1.08 bits per heavy atom. The molecule has 0 rings (SSSR count). The van der Waals surface area contributed by atoms with Crippen molar-refractivity contribution in [3.8, 4) is 0 Å². The number of unbranched alkanes of at least 4 members (excludes halogenated alkanes) is 1. The van der Waals surface area contributed by atoms with Crippen LogP contribution in [0.25, 0.3) is 0 Å². The summed E-state index contributed by atoms with van der Waals surface area (Å²) in [5.74, 6) is 0.952. The molecule has 0 aliphatic rings. The van der Waals surface area contributed by atoms with Gasteiger partial charge in [-0.2, -0.15) is 0 Å². The summed E-state index contributed by atoms with van der Waals surface area (Å²) in [5, 5.41) is 0. The van der Waals surface area contributed by atoms with Crippen molar-refractivity contribution in [1.82, 2.24) is 0 Å². The summed E-state index contributed by atoms with van der Waals surface area (Å²) >= 11 is 0.256. The largest absolute Gasteiger partial charge is 0.369 e. The molecule has 1 atom stereocenters. The van der Waals surface area contributed by atoms with E-state index >= 15 is 0 Å². The van der Waals surface area contributed by atoms with Crippen LogP contribution in [0.4, 0.5) is 0 Å². The van der Waals surface area contributed by atoms with Crippen molar-refractivity contribution in [2.24, 2.45) is 5.92 Å². The monoisotopic (exact) mass is 180 g/mol. The van der Waals surface area contributed by atoms with E-state index in [0.29, 0.717) is 0 Å². The Morgan fingerprint density at radius 3 is 2.17 bits per heavy atom. The van der Waals surface area contributed by atoms with Gasteiger partial charge < -0.3 is 0 Å². The van der Waals surface area contributed by atoms with Crippen LogP contribution in [0, 0.1) is 5.92 Å². The van der Waals surface area contributed by atoms with Crippen molar-refractivity contribution >= 4 is 20.4 Å². The maximum Gasteiger partial charge on any atom is 0.369 e. The highest BCUT2D eigenvalue weighted by Gasteiger charge is 2.13. The average Bonchev–Trinajstić information content (AvgIpc) is 2.03. The quantitative estimate of drug-likeness (QED) is 0.408. The molecular weight excluding hydrogens is 156 g/mol. The molecule has 0 amide bonds. The van der Waals surface area contributed by atoms with Gasteiger partial charge in [0.05, 0.1) is 0 Å². The first-order valence-electron chi connectivity index (χ1n) is 5.72. The summed E-state index contributed by atoms with van der Waals surface area (Å²) in [7, 11) is 0. The number of hydrogen-bond acceptors (Lipinski definition) is 0. The first kappa shape index (κ1) is 12.8. The van der Waals surface area contributed by atoms with E-state index < -0.39 is 0 Å². The van der Waals surface area contributed by atoms with Crippen LogP contribution in [0.5, 0.6) is 0 Å². The van der Waals surface area contributed by atoms with Crippen molar-refractivity contribution < 1.29 is 0 Å². The van der Waals surface area contributed by atoms with E-state index in [1.54, 1.807) is 4.55 Å². The van der Waals surface area contributed by atoms with Gasteiger partial charge in [-0.05, 0) is 0 Å². The van der Waals surface area contributed by atoms with Crippen LogP contribution in [0.2, 0.25) is 8.60 Å². The normalized spacial score (nSPS) is 13.1. The van der Waals surface area contributed by atoms with Crippen LogP contribution < -0.4 is 0 Å². The van der Waals surface area contributed by atoms with E-state index in [4.69, 9.17) is 0 Å². The van der Waals surface area contributed by atoms with Gasteiger partial charge in [-0.25, -0.2) is 0 Å². The van der Waals surface area contributed by atoms with E-state index in [-0.39, 0.29) is 20.4 Å². The molecule has 0 aromatic carbocycles. The summed E-state index contributed by atoms with van der Waals surface area (Å²) in [6, 6.07) is 0. The second-order valence-electron chi connectivity index (χ2n) is 4.29. The van der Waals surface area contributed by atoms with Crippen LogP contribution in [-0.4, -0.2) is 20.4 Å². The predicted octanol–water partition coefficient (Wildman–Crippen LogP) is 4.15. The summed E-state index contributed by atoms with van der Waals surface area (Å²) in [4.78, 5) is 0. The lowest BCUT2D eigenvalue weighted by Crippen LogP contribution is -2.09. The van der Waals surface area contributed by atoms with Crippen LogP contribution in [0.1, 0.15) is 53.4 Å². The number of rotatable bonds is 7. The van der Waals surface area contributed by atoms with Gasteiger partial charge in [0.1, 0.15) is 0 Å². The molecule has 0 spiro atoms. The molecule has 0 heterocycles. The minimum atomic E-state index is 0.256. The molecule has 0 bridgehead atoms. The highest BCUT2D eigenvalue weighted by atomic mass is 24.5. The van der Waals surface area contributed by atoms with Gasteiger partial charge in [-0.15, -0.1) is 8.60 Å². The molecule has 0 aliphatic heterocycles. The Labute approximate surface area is 88.2 Å². The molecule has 12 heavy (non-hydrogen) atoms. The topological polar surface area (TPSA) is 0 Å². The van der Waals surface area contributed by atoms with E-state index in [2.05, 4.69) is 27.7 Å². The SMILES string of the molecule is CCC[CH2][Mg][CH](CCC)C(C)C. The van der Waals surface area contributed by atoms with Gasteiger partial charge in [-0.1, -0.05) is 59.3 Å². The fourth-order valence-electron chi connectivity index (χ4n) is 1.84. The fraction of sp³-hybridized carbons (Fsp3) is 1.00. The van der Waals surface area contributed by atoms with Crippen LogP contribution in [-0.2, 0) is 0 Å². The predicted molar refractivity (Wildman–Crippen MR) is 59.0 cm³/mol. The maximum atomic E-state index is 2.40. The maximum absolute atomic E-state index is 2.40. The molecule has 0 saturated carbocycles. The van der Waals surface area contributed by atoms with Gasteiger partial charge in [0, 0.05) is 0 Å². The molecule has 0 aromatic heterocycles. The minimum Gasteiger partial charge on any atom is -0.145 e. The molecule has 1 heteroatoms. The first-order valence-corrected chi connectivity index (χ1v) is 7.54. The molecule has 0 aliphatic carbocycles. The van der Waals surface area contributed by atoms with Gasteiger partial charge in [0.25, 0.3) is 0 Å². The third kappa shape index (κ3) is 6.30. The lowest BCUT2D eigenvalue weighted by molar-refractivity contribution is 0.541. The second kappa shape index (κ2) is 8.37. The van der Waals surface area contributed by atoms with Gasteiger partial charge >= 0.3 is 20.4 Å². The van der Waals surface area contributed by atoms with Crippen molar-refractivity contribution in [3.63, 3.8) is 0 Å². The molecule has 0 aromatic rings. The van der Waals surface area contributed by atoms with Crippen LogP contribution >= 0.6 is 0 Å². The lowest BCUT2D eigenvalue weighted by atomic mass is 10.1. The van der Waals surface area contributed by atoms with E-state index in [9.17, 15) is 0 Å². The van der Waals surface area contributed by atoms with Crippen molar-refractivity contribution in [1.29, 1.82) is 0 Å². The summed E-state index contributed by atoms with van der Waals surface area (Å²) in [5.41, 5.74) is 0. The van der Waals surface area contributed by atoms with E-state index in [1.807, 2.05) is 0 Å². The van der Waals surface area contributed by atoms with Gasteiger partial charge in [0.15, 0.2) is 0 Å². The zero-order chi connectivity index (χ0) is 9.40. The first-order chi connectivity index (χ1) is 5.72. The summed E-state index contributed by atoms with van der Waals surface area (Å²) in [6.07, 6.45) is 5.76. The smallest absolute Gasteiger partial charge is 0.145 e. The Kier molecular flexibility index (Phi) is 8.90. The Bertz CT molecular complexity index is 89.0. The van der Waals surface area contributed by atoms with Gasteiger partial charge in [0.2, 0.25) is 0 Å². The number of hydrogen-bond donors (Lipinski definition) is 0. The van der Waals surface area contributed by atoms with E-state index in [0.717, 1.165) is 9.97 Å². The van der Waals surface area contributed by atoms with Crippen LogP contribution in [0.15, 0.2) is 0 Å². The zero-order valence-corrected chi connectivity index (χ0v) is 10.8. The molecule has 0 fully saturated rings. The molecule has 1 unspecified atom stereocenters. The zero-order valence-electron chi connectivity index (χ0n) is 9.40. The molecule has 70 valence electrons. The highest BCUT2D eigenvalue weighted by molar-refractivity contribution is 6.37. The Morgan fingerprint density at radius 2 is 1.75 bits per heavy atom. The van der Waals surface area contributed by atoms with Crippen LogP contribution in [0.3, 0.4) is 0 Å².